The maximum absolute atomic E-state index is 5.58. The van der Waals surface area contributed by atoms with Crippen LogP contribution in [0.1, 0.15) is 65.2 Å². The quantitative estimate of drug-likeness (QED) is 0.501. The molecule has 0 amide bonds. The highest BCUT2D eigenvalue weighted by atomic mass is 16.5. The van der Waals surface area contributed by atoms with Gasteiger partial charge in [0.15, 0.2) is 0 Å². The van der Waals surface area contributed by atoms with E-state index in [1.54, 1.807) is 0 Å². The van der Waals surface area contributed by atoms with E-state index in [0.29, 0.717) is 0 Å². The molecule has 1 saturated heterocycles. The van der Waals surface area contributed by atoms with Crippen molar-refractivity contribution in [2.75, 3.05) is 19.8 Å². The number of unbranched alkanes of at least 4 members (excludes halogenated alkanes) is 4. The van der Waals surface area contributed by atoms with Crippen LogP contribution in [0.5, 0.6) is 0 Å². The van der Waals surface area contributed by atoms with Gasteiger partial charge in [0.05, 0.1) is 6.61 Å². The summed E-state index contributed by atoms with van der Waals surface area (Å²) in [5, 5.41) is 0. The Labute approximate surface area is 107 Å². The van der Waals surface area contributed by atoms with Crippen molar-refractivity contribution in [2.45, 2.75) is 65.2 Å². The van der Waals surface area contributed by atoms with Crippen molar-refractivity contribution < 1.29 is 9.47 Å². The Hall–Kier alpha value is -0.0800. The highest BCUT2D eigenvalue weighted by Gasteiger charge is 2.18. The minimum absolute atomic E-state index is 0.850. The van der Waals surface area contributed by atoms with E-state index in [9.17, 15) is 0 Å². The molecule has 0 spiro atoms. The van der Waals surface area contributed by atoms with Crippen molar-refractivity contribution in [3.63, 3.8) is 0 Å². The van der Waals surface area contributed by atoms with Gasteiger partial charge in [0.2, 0.25) is 0 Å². The molecular formula is C15H29O2. The molecule has 1 aliphatic rings. The zero-order valence-electron chi connectivity index (χ0n) is 11.7. The second-order valence-corrected chi connectivity index (χ2v) is 5.45. The minimum Gasteiger partial charge on any atom is -0.381 e. The first-order valence-electron chi connectivity index (χ1n) is 7.34. The Kier molecular flexibility index (Phi) is 8.72. The van der Waals surface area contributed by atoms with Crippen molar-refractivity contribution in [3.8, 4) is 0 Å². The van der Waals surface area contributed by atoms with Crippen LogP contribution in [-0.4, -0.2) is 19.8 Å². The summed E-state index contributed by atoms with van der Waals surface area (Å²) in [7, 11) is 0. The smallest absolute Gasteiger partial charge is 0.102 e. The molecule has 0 saturated carbocycles. The second kappa shape index (κ2) is 9.90. The molecule has 17 heavy (non-hydrogen) atoms. The predicted octanol–water partition coefficient (Wildman–Crippen LogP) is 4.34. The third kappa shape index (κ3) is 8.62. The summed E-state index contributed by atoms with van der Waals surface area (Å²) in [6.45, 7) is 7.31. The largest absolute Gasteiger partial charge is 0.381 e. The van der Waals surface area contributed by atoms with Crippen LogP contribution in [0.25, 0.3) is 0 Å². The summed E-state index contributed by atoms with van der Waals surface area (Å²) in [5.74, 6) is 0.865. The van der Waals surface area contributed by atoms with Crippen molar-refractivity contribution >= 4 is 0 Å². The number of rotatable bonds is 11. The van der Waals surface area contributed by atoms with Crippen LogP contribution in [0.2, 0.25) is 0 Å². The van der Waals surface area contributed by atoms with Crippen LogP contribution >= 0.6 is 0 Å². The summed E-state index contributed by atoms with van der Waals surface area (Å²) in [6, 6.07) is 0. The molecule has 0 aromatic rings. The molecule has 0 aromatic carbocycles. The molecule has 101 valence electrons. The standard InChI is InChI=1S/C15H29O2/c1-14(2)8-6-4-3-5-7-11-16-12-9-15-10-13-17-15/h14H,3-13H2,1-2H3. The Morgan fingerprint density at radius 3 is 2.41 bits per heavy atom. The zero-order chi connectivity index (χ0) is 12.3. The van der Waals surface area contributed by atoms with Gasteiger partial charge in [-0.15, -0.1) is 0 Å². The lowest BCUT2D eigenvalue weighted by Crippen LogP contribution is -2.19. The van der Waals surface area contributed by atoms with E-state index in [4.69, 9.17) is 9.47 Å². The fourth-order valence-corrected chi connectivity index (χ4v) is 2.02. The molecule has 1 aliphatic heterocycles. The number of hydrogen-bond acceptors (Lipinski definition) is 2. The van der Waals surface area contributed by atoms with E-state index in [1.807, 2.05) is 0 Å². The zero-order valence-corrected chi connectivity index (χ0v) is 11.7. The third-order valence-electron chi connectivity index (χ3n) is 3.28. The molecule has 1 heterocycles. The van der Waals surface area contributed by atoms with Gasteiger partial charge in [-0.05, 0) is 12.3 Å². The van der Waals surface area contributed by atoms with Gasteiger partial charge in [-0.25, -0.2) is 0 Å². The van der Waals surface area contributed by atoms with Gasteiger partial charge >= 0.3 is 0 Å². The van der Waals surface area contributed by atoms with Gasteiger partial charge in [0, 0.05) is 26.1 Å². The molecule has 0 aliphatic carbocycles. The fourth-order valence-electron chi connectivity index (χ4n) is 2.02. The normalized spacial score (nSPS) is 16.4. The van der Waals surface area contributed by atoms with Crippen molar-refractivity contribution in [2.24, 2.45) is 5.92 Å². The topological polar surface area (TPSA) is 18.5 Å². The highest BCUT2D eigenvalue weighted by molar-refractivity contribution is 4.85. The summed E-state index contributed by atoms with van der Waals surface area (Å²) < 4.78 is 10.8. The SMILES string of the molecule is CC(C)CCCCCCCOCC[C]1CCO1. The van der Waals surface area contributed by atoms with E-state index in [-0.39, 0.29) is 0 Å². The van der Waals surface area contributed by atoms with Crippen molar-refractivity contribution in [3.05, 3.63) is 6.10 Å². The molecule has 1 fully saturated rings. The van der Waals surface area contributed by atoms with Gasteiger partial charge in [0.1, 0.15) is 6.10 Å². The lowest BCUT2D eigenvalue weighted by Gasteiger charge is -2.24. The Balaban J connectivity index is 1.66. The lowest BCUT2D eigenvalue weighted by molar-refractivity contribution is 0.0152. The molecule has 0 bridgehead atoms. The summed E-state index contributed by atoms with van der Waals surface area (Å²) in [5.41, 5.74) is 0. The summed E-state index contributed by atoms with van der Waals surface area (Å²) in [4.78, 5) is 0. The fraction of sp³-hybridized carbons (Fsp3) is 0.933. The van der Waals surface area contributed by atoms with Gasteiger partial charge in [-0.1, -0.05) is 46.0 Å². The van der Waals surface area contributed by atoms with E-state index in [2.05, 4.69) is 13.8 Å². The van der Waals surface area contributed by atoms with Crippen molar-refractivity contribution in [1.29, 1.82) is 0 Å². The predicted molar refractivity (Wildman–Crippen MR) is 71.8 cm³/mol. The minimum atomic E-state index is 0.850. The van der Waals surface area contributed by atoms with Gasteiger partial charge in [-0.3, -0.25) is 0 Å². The Bertz CT molecular complexity index is 164. The number of hydrogen-bond donors (Lipinski definition) is 0. The van der Waals surface area contributed by atoms with E-state index in [1.165, 1.54) is 44.6 Å². The van der Waals surface area contributed by atoms with Gasteiger partial charge < -0.3 is 9.47 Å². The third-order valence-corrected chi connectivity index (χ3v) is 3.28. The van der Waals surface area contributed by atoms with Crippen molar-refractivity contribution in [1.82, 2.24) is 0 Å². The lowest BCUT2D eigenvalue weighted by atomic mass is 10.0. The molecule has 0 aromatic heterocycles. The first-order chi connectivity index (χ1) is 8.29. The molecule has 0 unspecified atom stereocenters. The average molecular weight is 241 g/mol. The molecular weight excluding hydrogens is 212 g/mol. The summed E-state index contributed by atoms with van der Waals surface area (Å²) >= 11 is 0. The number of ether oxygens (including phenoxy) is 2. The second-order valence-electron chi connectivity index (χ2n) is 5.45. The van der Waals surface area contributed by atoms with Crippen LogP contribution in [0.3, 0.4) is 0 Å². The molecule has 0 atom stereocenters. The molecule has 1 rings (SSSR count). The Morgan fingerprint density at radius 2 is 1.76 bits per heavy atom. The summed E-state index contributed by atoms with van der Waals surface area (Å²) in [6.07, 6.45) is 11.5. The monoisotopic (exact) mass is 241 g/mol. The highest BCUT2D eigenvalue weighted by Crippen LogP contribution is 2.22. The first kappa shape index (κ1) is 15.0. The first-order valence-corrected chi connectivity index (χ1v) is 7.34. The van der Waals surface area contributed by atoms with Crippen LogP contribution in [0.4, 0.5) is 0 Å². The molecule has 2 nitrogen and oxygen atoms in total. The molecule has 2 heteroatoms. The molecule has 0 N–H and O–H groups in total. The van der Waals surface area contributed by atoms with Crippen LogP contribution < -0.4 is 0 Å². The van der Waals surface area contributed by atoms with E-state index >= 15 is 0 Å². The van der Waals surface area contributed by atoms with Crippen LogP contribution in [0, 0.1) is 12.0 Å². The Morgan fingerprint density at radius 1 is 1.06 bits per heavy atom. The maximum atomic E-state index is 5.58. The van der Waals surface area contributed by atoms with Gasteiger partial charge in [0.25, 0.3) is 0 Å². The van der Waals surface area contributed by atoms with Crippen LogP contribution in [-0.2, 0) is 9.47 Å². The van der Waals surface area contributed by atoms with E-state index < -0.39 is 0 Å². The average Bonchev–Trinajstić information content (AvgIpc) is 2.23. The molecule has 1 radical (unpaired) electrons. The van der Waals surface area contributed by atoms with E-state index in [0.717, 1.165) is 38.6 Å². The van der Waals surface area contributed by atoms with Crippen LogP contribution in [0.15, 0.2) is 0 Å². The van der Waals surface area contributed by atoms with Gasteiger partial charge in [-0.2, -0.15) is 0 Å². The maximum Gasteiger partial charge on any atom is 0.102 e.